The molecule has 1 heteroatoms. The quantitative estimate of drug-likeness (QED) is 0.157. The first-order valence-corrected chi connectivity index (χ1v) is 19.5. The molecular formula is C54H47N. The Morgan fingerprint density at radius 3 is 1.18 bits per heavy atom. The summed E-state index contributed by atoms with van der Waals surface area (Å²) in [5.74, 6) is 0. The fraction of sp³-hybridized carbons (Fsp3) is 0.148. The highest BCUT2D eigenvalue weighted by Crippen LogP contribution is 2.49. The van der Waals surface area contributed by atoms with Crippen LogP contribution in [0, 0.1) is 0 Å². The molecule has 0 fully saturated rings. The lowest BCUT2D eigenvalue weighted by Gasteiger charge is -2.30. The van der Waals surface area contributed by atoms with Gasteiger partial charge in [-0.2, -0.15) is 0 Å². The lowest BCUT2D eigenvalue weighted by atomic mass is 9.74. The van der Waals surface area contributed by atoms with Gasteiger partial charge in [-0.1, -0.05) is 187 Å². The molecule has 0 radical (unpaired) electrons. The third kappa shape index (κ3) is 6.05. The van der Waals surface area contributed by atoms with Gasteiger partial charge in [-0.3, -0.25) is 0 Å². The Morgan fingerprint density at radius 1 is 0.327 bits per heavy atom. The molecule has 9 aromatic rings. The van der Waals surface area contributed by atoms with E-state index >= 15 is 0 Å². The number of nitrogens with zero attached hydrogens (tertiary/aromatic N) is 1. The highest BCUT2D eigenvalue weighted by atomic mass is 15.0. The van der Waals surface area contributed by atoms with E-state index < -0.39 is 0 Å². The van der Waals surface area contributed by atoms with Crippen LogP contribution >= 0.6 is 0 Å². The van der Waals surface area contributed by atoms with Gasteiger partial charge >= 0.3 is 0 Å². The first-order valence-electron chi connectivity index (χ1n) is 19.5. The summed E-state index contributed by atoms with van der Waals surface area (Å²) < 4.78 is 2.56. The minimum absolute atomic E-state index is 0.0890. The van der Waals surface area contributed by atoms with Crippen LogP contribution < -0.4 is 0 Å². The van der Waals surface area contributed by atoms with Crippen molar-refractivity contribution in [3.8, 4) is 50.3 Å². The van der Waals surface area contributed by atoms with Crippen molar-refractivity contribution in [2.75, 3.05) is 0 Å². The summed E-state index contributed by atoms with van der Waals surface area (Å²) >= 11 is 0. The third-order valence-electron chi connectivity index (χ3n) is 11.1. The second-order valence-electron chi connectivity index (χ2n) is 17.0. The highest BCUT2D eigenvalue weighted by molar-refractivity contribution is 6.16. The van der Waals surface area contributed by atoms with Gasteiger partial charge in [0, 0.05) is 16.6 Å². The molecule has 0 amide bonds. The fourth-order valence-corrected chi connectivity index (χ4v) is 8.94. The molecule has 1 heterocycles. The first kappa shape index (κ1) is 34.6. The van der Waals surface area contributed by atoms with E-state index in [-0.39, 0.29) is 10.8 Å². The number of benzene rings is 8. The third-order valence-corrected chi connectivity index (χ3v) is 11.1. The SMILES string of the molecule is CC(C)(C)c1c2ccccc2c(C(C)(C)C)c2cc3c(cc12)c(-c1ccccc1)c(-c1ccccc1)n3-c1cc(-c2ccccc2)cc(-c2ccccc2)c1. The van der Waals surface area contributed by atoms with Gasteiger partial charge in [-0.25, -0.2) is 0 Å². The Kier molecular flexibility index (Phi) is 8.35. The molecule has 1 nitrogen and oxygen atoms in total. The molecule has 0 N–H and O–H groups in total. The molecule has 0 aliphatic heterocycles. The smallest absolute Gasteiger partial charge is 0.0619 e. The Hall–Kier alpha value is -6.18. The van der Waals surface area contributed by atoms with Gasteiger partial charge in [0.15, 0.2) is 0 Å². The largest absolute Gasteiger partial charge is 0.309 e. The van der Waals surface area contributed by atoms with E-state index in [1.807, 2.05) is 0 Å². The van der Waals surface area contributed by atoms with Gasteiger partial charge in [0.05, 0.1) is 11.2 Å². The van der Waals surface area contributed by atoms with Gasteiger partial charge in [-0.05, 0) is 107 Å². The van der Waals surface area contributed by atoms with Crippen LogP contribution in [-0.4, -0.2) is 4.57 Å². The number of aromatic nitrogens is 1. The zero-order valence-corrected chi connectivity index (χ0v) is 32.7. The summed E-state index contributed by atoms with van der Waals surface area (Å²) in [7, 11) is 0. The van der Waals surface area contributed by atoms with E-state index in [2.05, 4.69) is 222 Å². The zero-order valence-electron chi connectivity index (χ0n) is 32.7. The molecule has 0 aliphatic carbocycles. The number of rotatable bonds is 5. The van der Waals surface area contributed by atoms with Crippen molar-refractivity contribution in [3.63, 3.8) is 0 Å². The maximum absolute atomic E-state index is 2.56. The average Bonchev–Trinajstić information content (AvgIpc) is 3.53. The van der Waals surface area contributed by atoms with Crippen LogP contribution in [0.5, 0.6) is 0 Å². The van der Waals surface area contributed by atoms with Crippen LogP contribution in [0.2, 0.25) is 0 Å². The van der Waals surface area contributed by atoms with E-state index in [0.29, 0.717) is 0 Å². The topological polar surface area (TPSA) is 4.93 Å². The Balaban J connectivity index is 1.53. The van der Waals surface area contributed by atoms with E-state index in [1.54, 1.807) is 0 Å². The molecule has 0 saturated heterocycles. The van der Waals surface area contributed by atoms with Gasteiger partial charge in [0.1, 0.15) is 0 Å². The van der Waals surface area contributed by atoms with E-state index in [4.69, 9.17) is 0 Å². The molecule has 0 saturated carbocycles. The second-order valence-corrected chi connectivity index (χ2v) is 17.0. The molecule has 0 spiro atoms. The van der Waals surface area contributed by atoms with Crippen LogP contribution in [0.15, 0.2) is 176 Å². The van der Waals surface area contributed by atoms with Crippen LogP contribution in [0.4, 0.5) is 0 Å². The number of hydrogen-bond acceptors (Lipinski definition) is 0. The zero-order chi connectivity index (χ0) is 37.9. The summed E-state index contributed by atoms with van der Waals surface area (Å²) in [6.07, 6.45) is 0. The van der Waals surface area contributed by atoms with Crippen molar-refractivity contribution < 1.29 is 0 Å². The molecular weight excluding hydrogens is 663 g/mol. The van der Waals surface area contributed by atoms with Crippen LogP contribution in [0.25, 0.3) is 82.8 Å². The van der Waals surface area contributed by atoms with Crippen LogP contribution in [0.3, 0.4) is 0 Å². The van der Waals surface area contributed by atoms with Crippen molar-refractivity contribution in [1.29, 1.82) is 0 Å². The maximum atomic E-state index is 2.56. The summed E-state index contributed by atoms with van der Waals surface area (Å²) in [6, 6.07) is 64.9. The maximum Gasteiger partial charge on any atom is 0.0619 e. The van der Waals surface area contributed by atoms with E-state index in [1.165, 1.54) is 88.2 Å². The summed E-state index contributed by atoms with van der Waals surface area (Å²) in [6.45, 7) is 14.2. The van der Waals surface area contributed by atoms with Crippen LogP contribution in [0.1, 0.15) is 52.7 Å². The van der Waals surface area contributed by atoms with Gasteiger partial charge in [-0.15, -0.1) is 0 Å². The second kappa shape index (κ2) is 13.3. The van der Waals surface area contributed by atoms with Crippen molar-refractivity contribution >= 4 is 32.4 Å². The van der Waals surface area contributed by atoms with Crippen molar-refractivity contribution in [2.45, 2.75) is 52.4 Å². The Labute approximate surface area is 325 Å². The van der Waals surface area contributed by atoms with Crippen molar-refractivity contribution in [1.82, 2.24) is 4.57 Å². The van der Waals surface area contributed by atoms with Gasteiger partial charge < -0.3 is 4.57 Å². The summed E-state index contributed by atoms with van der Waals surface area (Å²) in [4.78, 5) is 0. The summed E-state index contributed by atoms with van der Waals surface area (Å²) in [5, 5.41) is 6.60. The molecule has 9 rings (SSSR count). The Bertz CT molecular complexity index is 2770. The normalized spacial score (nSPS) is 12.2. The fourth-order valence-electron chi connectivity index (χ4n) is 8.94. The lowest BCUT2D eigenvalue weighted by molar-refractivity contribution is 0.593. The molecule has 1 aromatic heterocycles. The predicted molar refractivity (Wildman–Crippen MR) is 237 cm³/mol. The molecule has 268 valence electrons. The van der Waals surface area contributed by atoms with Crippen molar-refractivity contribution in [2.24, 2.45) is 0 Å². The molecule has 8 aromatic carbocycles. The molecule has 0 aliphatic rings. The predicted octanol–water partition coefficient (Wildman–Crippen LogP) is 15.2. The molecule has 0 unspecified atom stereocenters. The Morgan fingerprint density at radius 2 is 0.727 bits per heavy atom. The minimum Gasteiger partial charge on any atom is -0.309 e. The summed E-state index contributed by atoms with van der Waals surface area (Å²) in [5.41, 5.74) is 14.6. The molecule has 0 bridgehead atoms. The number of hydrogen-bond donors (Lipinski definition) is 0. The van der Waals surface area contributed by atoms with Gasteiger partial charge in [0.25, 0.3) is 0 Å². The molecule has 0 atom stereocenters. The van der Waals surface area contributed by atoms with Crippen LogP contribution in [-0.2, 0) is 10.8 Å². The molecule has 55 heavy (non-hydrogen) atoms. The lowest BCUT2D eigenvalue weighted by Crippen LogP contribution is -2.17. The van der Waals surface area contributed by atoms with E-state index in [9.17, 15) is 0 Å². The van der Waals surface area contributed by atoms with Gasteiger partial charge in [0.2, 0.25) is 0 Å². The minimum atomic E-state index is -0.0996. The number of fused-ring (bicyclic) bond motifs is 3. The standard InChI is InChI=1S/C54H47N/c1-53(2,3)50-43-29-19-20-30-44(43)51(54(4,5)6)46-35-48-47(34-45(46)50)49(38-25-15-9-16-26-38)52(39-27-17-10-18-28-39)55(48)42-32-40(36-21-11-7-12-22-36)31-41(33-42)37-23-13-8-14-24-37/h7-35H,1-6H3. The monoisotopic (exact) mass is 709 g/mol. The highest BCUT2D eigenvalue weighted by Gasteiger charge is 2.30. The first-order chi connectivity index (χ1) is 26.6. The average molecular weight is 710 g/mol. The van der Waals surface area contributed by atoms with E-state index in [0.717, 1.165) is 5.69 Å². The van der Waals surface area contributed by atoms with Crippen molar-refractivity contribution in [3.05, 3.63) is 187 Å².